The quantitative estimate of drug-likeness (QED) is 0.579. The van der Waals surface area contributed by atoms with Crippen molar-refractivity contribution in [1.82, 2.24) is 0 Å². The van der Waals surface area contributed by atoms with E-state index in [4.69, 9.17) is 0 Å². The Labute approximate surface area is 71.4 Å². The maximum Gasteiger partial charge on any atom is -0.0386 e. The van der Waals surface area contributed by atoms with Crippen LogP contribution in [-0.2, 0) is 0 Å². The molecule has 0 aliphatic heterocycles. The van der Waals surface area contributed by atoms with Crippen LogP contribution in [0.2, 0.25) is 0 Å². The maximum absolute atomic E-state index is 2.35. The molecule has 66 valence electrons. The zero-order valence-electron chi connectivity index (χ0n) is 8.27. The highest BCUT2D eigenvalue weighted by Gasteiger charge is 2.30. The van der Waals surface area contributed by atoms with E-state index >= 15 is 0 Å². The van der Waals surface area contributed by atoms with Gasteiger partial charge in [0.05, 0.1) is 0 Å². The van der Waals surface area contributed by atoms with Crippen LogP contribution < -0.4 is 0 Å². The number of hydrogen-bond donors (Lipinski definition) is 0. The van der Waals surface area contributed by atoms with Crippen LogP contribution in [0.1, 0.15) is 52.9 Å². The van der Waals surface area contributed by atoms with Crippen molar-refractivity contribution in [2.75, 3.05) is 0 Å². The summed E-state index contributed by atoms with van der Waals surface area (Å²) in [5, 5.41) is 0. The van der Waals surface area contributed by atoms with E-state index in [0.717, 1.165) is 17.8 Å². The SMILES string of the molecule is CCC1C[C@@H](CC)[C@@H](CC)C1. The normalized spacial score (nSPS) is 37.9. The second-order valence-corrected chi connectivity index (χ2v) is 4.08. The van der Waals surface area contributed by atoms with Crippen molar-refractivity contribution in [3.8, 4) is 0 Å². The summed E-state index contributed by atoms with van der Waals surface area (Å²) in [6.07, 6.45) is 7.27. The molecular weight excluding hydrogens is 132 g/mol. The summed E-state index contributed by atoms with van der Waals surface area (Å²) in [6, 6.07) is 0. The van der Waals surface area contributed by atoms with Crippen LogP contribution >= 0.6 is 0 Å². The van der Waals surface area contributed by atoms with Crippen molar-refractivity contribution in [1.29, 1.82) is 0 Å². The van der Waals surface area contributed by atoms with Gasteiger partial charge in [-0.3, -0.25) is 0 Å². The second kappa shape index (κ2) is 4.13. The van der Waals surface area contributed by atoms with E-state index in [1.807, 2.05) is 0 Å². The molecule has 0 heteroatoms. The van der Waals surface area contributed by atoms with Crippen molar-refractivity contribution in [3.63, 3.8) is 0 Å². The highest BCUT2D eigenvalue weighted by atomic mass is 14.4. The molecule has 0 radical (unpaired) electrons. The van der Waals surface area contributed by atoms with Gasteiger partial charge in [-0.25, -0.2) is 0 Å². The van der Waals surface area contributed by atoms with Gasteiger partial charge in [-0.05, 0) is 30.6 Å². The predicted octanol–water partition coefficient (Wildman–Crippen LogP) is 3.86. The molecule has 0 bridgehead atoms. The van der Waals surface area contributed by atoms with Crippen molar-refractivity contribution >= 4 is 0 Å². The molecule has 0 heterocycles. The summed E-state index contributed by atoms with van der Waals surface area (Å²) in [5.41, 5.74) is 0. The lowest BCUT2D eigenvalue weighted by molar-refractivity contribution is 0.367. The molecular formula is C11H22. The molecule has 1 aliphatic rings. The van der Waals surface area contributed by atoms with E-state index in [1.165, 1.54) is 32.1 Å². The first-order valence-corrected chi connectivity index (χ1v) is 5.31. The van der Waals surface area contributed by atoms with E-state index in [2.05, 4.69) is 20.8 Å². The molecule has 0 amide bonds. The fraction of sp³-hybridized carbons (Fsp3) is 1.00. The lowest BCUT2D eigenvalue weighted by Gasteiger charge is -2.14. The molecule has 1 unspecified atom stereocenters. The number of hydrogen-bond acceptors (Lipinski definition) is 0. The van der Waals surface area contributed by atoms with Gasteiger partial charge in [0.1, 0.15) is 0 Å². The summed E-state index contributed by atoms with van der Waals surface area (Å²) < 4.78 is 0. The van der Waals surface area contributed by atoms with Gasteiger partial charge >= 0.3 is 0 Å². The van der Waals surface area contributed by atoms with Gasteiger partial charge < -0.3 is 0 Å². The summed E-state index contributed by atoms with van der Waals surface area (Å²) in [4.78, 5) is 0. The van der Waals surface area contributed by atoms with E-state index in [0.29, 0.717) is 0 Å². The average Bonchev–Trinajstić information content (AvgIpc) is 2.46. The highest BCUT2D eigenvalue weighted by molar-refractivity contribution is 4.81. The summed E-state index contributed by atoms with van der Waals surface area (Å²) in [5.74, 6) is 3.18. The Morgan fingerprint density at radius 1 is 0.818 bits per heavy atom. The fourth-order valence-corrected chi connectivity index (χ4v) is 2.67. The molecule has 0 saturated heterocycles. The van der Waals surface area contributed by atoms with Crippen LogP contribution in [0.3, 0.4) is 0 Å². The Morgan fingerprint density at radius 3 is 1.55 bits per heavy atom. The van der Waals surface area contributed by atoms with E-state index in [9.17, 15) is 0 Å². The molecule has 3 atom stereocenters. The van der Waals surface area contributed by atoms with Crippen molar-refractivity contribution in [3.05, 3.63) is 0 Å². The molecule has 0 N–H and O–H groups in total. The molecule has 0 aromatic rings. The van der Waals surface area contributed by atoms with Gasteiger partial charge in [-0.15, -0.1) is 0 Å². The summed E-state index contributed by atoms with van der Waals surface area (Å²) in [6.45, 7) is 7.05. The van der Waals surface area contributed by atoms with Gasteiger partial charge in [0.15, 0.2) is 0 Å². The van der Waals surface area contributed by atoms with Crippen molar-refractivity contribution in [2.45, 2.75) is 52.9 Å². The summed E-state index contributed by atoms with van der Waals surface area (Å²) in [7, 11) is 0. The largest absolute Gasteiger partial charge is 0.0651 e. The Morgan fingerprint density at radius 2 is 1.27 bits per heavy atom. The third kappa shape index (κ3) is 1.98. The fourth-order valence-electron chi connectivity index (χ4n) is 2.67. The first-order valence-electron chi connectivity index (χ1n) is 5.31. The van der Waals surface area contributed by atoms with Gasteiger partial charge in [0, 0.05) is 0 Å². The molecule has 0 nitrogen and oxygen atoms in total. The van der Waals surface area contributed by atoms with E-state index < -0.39 is 0 Å². The van der Waals surface area contributed by atoms with Crippen molar-refractivity contribution in [2.24, 2.45) is 17.8 Å². The average molecular weight is 154 g/mol. The standard InChI is InChI=1S/C11H22/c1-4-9-7-10(5-2)11(6-3)8-9/h9-11H,4-8H2,1-3H3/t9?,10-,11+. The maximum atomic E-state index is 2.35. The minimum Gasteiger partial charge on any atom is -0.0651 e. The zero-order valence-corrected chi connectivity index (χ0v) is 8.27. The van der Waals surface area contributed by atoms with Gasteiger partial charge in [-0.1, -0.05) is 40.0 Å². The van der Waals surface area contributed by atoms with Gasteiger partial charge in [0.25, 0.3) is 0 Å². The van der Waals surface area contributed by atoms with Gasteiger partial charge in [-0.2, -0.15) is 0 Å². The molecule has 1 rings (SSSR count). The first kappa shape index (κ1) is 9.09. The molecule has 0 aromatic carbocycles. The molecule has 1 aliphatic carbocycles. The molecule has 1 saturated carbocycles. The van der Waals surface area contributed by atoms with Crippen LogP contribution in [0.5, 0.6) is 0 Å². The third-order valence-electron chi connectivity index (χ3n) is 3.56. The minimum absolute atomic E-state index is 1.06. The Balaban J connectivity index is 2.41. The Kier molecular flexibility index (Phi) is 3.42. The number of rotatable bonds is 3. The van der Waals surface area contributed by atoms with Crippen LogP contribution in [0.15, 0.2) is 0 Å². The van der Waals surface area contributed by atoms with Gasteiger partial charge in [0.2, 0.25) is 0 Å². The van der Waals surface area contributed by atoms with Crippen molar-refractivity contribution < 1.29 is 0 Å². The van der Waals surface area contributed by atoms with Crippen LogP contribution in [-0.4, -0.2) is 0 Å². The second-order valence-electron chi connectivity index (χ2n) is 4.08. The molecule has 0 spiro atoms. The molecule has 11 heavy (non-hydrogen) atoms. The van der Waals surface area contributed by atoms with Crippen LogP contribution in [0.4, 0.5) is 0 Å². The first-order chi connectivity index (χ1) is 5.31. The third-order valence-corrected chi connectivity index (χ3v) is 3.56. The lowest BCUT2D eigenvalue weighted by Crippen LogP contribution is -2.04. The van der Waals surface area contributed by atoms with E-state index in [1.54, 1.807) is 0 Å². The molecule has 1 fully saturated rings. The van der Waals surface area contributed by atoms with E-state index in [-0.39, 0.29) is 0 Å². The molecule has 0 aromatic heterocycles. The smallest absolute Gasteiger partial charge is 0.0386 e. The van der Waals surface area contributed by atoms with Crippen LogP contribution in [0, 0.1) is 17.8 Å². The monoisotopic (exact) mass is 154 g/mol. The zero-order chi connectivity index (χ0) is 8.27. The Bertz CT molecular complexity index is 94.6. The van der Waals surface area contributed by atoms with Crippen LogP contribution in [0.25, 0.3) is 0 Å². The topological polar surface area (TPSA) is 0 Å². The summed E-state index contributed by atoms with van der Waals surface area (Å²) >= 11 is 0. The lowest BCUT2D eigenvalue weighted by atomic mass is 9.92. The highest BCUT2D eigenvalue weighted by Crippen LogP contribution is 2.41. The predicted molar refractivity (Wildman–Crippen MR) is 50.6 cm³/mol. The Hall–Kier alpha value is 0. The minimum atomic E-state index is 1.06.